The van der Waals surface area contributed by atoms with Crippen molar-refractivity contribution >= 4 is 28.1 Å². The molecule has 1 atom stereocenters. The van der Waals surface area contributed by atoms with Gasteiger partial charge in [0.15, 0.2) is 12.9 Å². The third kappa shape index (κ3) is 4.49. The molecule has 4 nitrogen and oxygen atoms in total. The molecule has 0 aromatic heterocycles. The van der Waals surface area contributed by atoms with Crippen molar-refractivity contribution in [2.45, 2.75) is 26.3 Å². The molecule has 1 aromatic carbocycles. The Labute approximate surface area is 115 Å². The Balaban J connectivity index is 2.58. The van der Waals surface area contributed by atoms with Gasteiger partial charge in [-0.1, -0.05) is 22.9 Å². The van der Waals surface area contributed by atoms with Crippen LogP contribution in [-0.4, -0.2) is 24.8 Å². The topological polar surface area (TPSA) is 55.4 Å². The van der Waals surface area contributed by atoms with Crippen LogP contribution in [0.25, 0.3) is 0 Å². The number of carbonyl (C=O) groups is 2. The molecule has 0 heterocycles. The Morgan fingerprint density at radius 1 is 1.56 bits per heavy atom. The molecule has 0 radical (unpaired) electrons. The number of benzene rings is 1. The number of hydrogen-bond donors (Lipinski definition) is 1. The van der Waals surface area contributed by atoms with Crippen LogP contribution in [0.3, 0.4) is 0 Å². The summed E-state index contributed by atoms with van der Waals surface area (Å²) < 4.78 is 6.12. The fourth-order valence-electron chi connectivity index (χ4n) is 1.30. The number of ether oxygens (including phenoxy) is 1. The molecule has 1 N–H and O–H groups in total. The van der Waals surface area contributed by atoms with Crippen LogP contribution in [-0.2, 0) is 4.79 Å². The highest BCUT2D eigenvalue weighted by Gasteiger charge is 2.08. The van der Waals surface area contributed by atoms with Crippen LogP contribution in [0.2, 0.25) is 0 Å². The van der Waals surface area contributed by atoms with Crippen LogP contribution >= 0.6 is 15.9 Å². The highest BCUT2D eigenvalue weighted by molar-refractivity contribution is 9.10. The van der Waals surface area contributed by atoms with Crippen LogP contribution < -0.4 is 10.1 Å². The van der Waals surface area contributed by atoms with E-state index in [0.717, 1.165) is 10.9 Å². The maximum Gasteiger partial charge on any atom is 0.258 e. The average molecular weight is 314 g/mol. The predicted molar refractivity (Wildman–Crippen MR) is 72.9 cm³/mol. The first-order valence-electron chi connectivity index (χ1n) is 5.73. The molecular formula is C13H16BrNO3. The van der Waals surface area contributed by atoms with Gasteiger partial charge in [-0.15, -0.1) is 0 Å². The third-order valence-electron chi connectivity index (χ3n) is 2.48. The van der Waals surface area contributed by atoms with Gasteiger partial charge < -0.3 is 10.1 Å². The first-order chi connectivity index (χ1) is 8.56. The lowest BCUT2D eigenvalue weighted by Gasteiger charge is -2.12. The smallest absolute Gasteiger partial charge is 0.258 e. The van der Waals surface area contributed by atoms with Gasteiger partial charge in [0.05, 0.1) is 5.56 Å². The van der Waals surface area contributed by atoms with E-state index in [1.54, 1.807) is 18.2 Å². The largest absolute Gasteiger partial charge is 0.483 e. The van der Waals surface area contributed by atoms with Crippen molar-refractivity contribution in [2.75, 3.05) is 6.61 Å². The van der Waals surface area contributed by atoms with E-state index in [4.69, 9.17) is 4.74 Å². The van der Waals surface area contributed by atoms with Crippen molar-refractivity contribution in [3.8, 4) is 5.75 Å². The minimum absolute atomic E-state index is 0.0905. The summed E-state index contributed by atoms with van der Waals surface area (Å²) in [4.78, 5) is 22.4. The zero-order valence-corrected chi connectivity index (χ0v) is 12.0. The van der Waals surface area contributed by atoms with Gasteiger partial charge in [0.2, 0.25) is 0 Å². The molecule has 0 aliphatic heterocycles. The summed E-state index contributed by atoms with van der Waals surface area (Å²) in [5, 5.41) is 2.79. The fraction of sp³-hybridized carbons (Fsp3) is 0.385. The van der Waals surface area contributed by atoms with Crippen LogP contribution in [0.15, 0.2) is 22.7 Å². The third-order valence-corrected chi connectivity index (χ3v) is 2.97. The van der Waals surface area contributed by atoms with Crippen LogP contribution in [0.5, 0.6) is 5.75 Å². The van der Waals surface area contributed by atoms with E-state index >= 15 is 0 Å². The zero-order chi connectivity index (χ0) is 13.5. The molecule has 0 spiro atoms. The first kappa shape index (κ1) is 14.7. The van der Waals surface area contributed by atoms with Gasteiger partial charge in [0.25, 0.3) is 5.91 Å². The highest BCUT2D eigenvalue weighted by Crippen LogP contribution is 2.21. The summed E-state index contributed by atoms with van der Waals surface area (Å²) in [6, 6.07) is 5.19. The number of rotatable bonds is 6. The second kappa shape index (κ2) is 7.16. The van der Waals surface area contributed by atoms with Crippen LogP contribution in [0, 0.1) is 0 Å². The SMILES string of the molecule is CCC(C)NC(=O)COc1ccc(Br)cc1C=O. The molecule has 1 aromatic rings. The standard InChI is InChI=1S/C13H16BrNO3/c1-3-9(2)15-13(17)8-18-12-5-4-11(14)6-10(12)7-16/h4-7,9H,3,8H2,1-2H3,(H,15,17). The summed E-state index contributed by atoms with van der Waals surface area (Å²) in [5.41, 5.74) is 0.417. The molecule has 0 bridgehead atoms. The van der Waals surface area contributed by atoms with Crippen molar-refractivity contribution in [2.24, 2.45) is 0 Å². The quantitative estimate of drug-likeness (QED) is 0.821. The molecule has 1 rings (SSSR count). The minimum atomic E-state index is -0.191. The van der Waals surface area contributed by atoms with E-state index in [9.17, 15) is 9.59 Å². The summed E-state index contributed by atoms with van der Waals surface area (Å²) in [7, 11) is 0. The van der Waals surface area contributed by atoms with Gasteiger partial charge >= 0.3 is 0 Å². The molecule has 18 heavy (non-hydrogen) atoms. The Morgan fingerprint density at radius 3 is 2.89 bits per heavy atom. The summed E-state index contributed by atoms with van der Waals surface area (Å²) in [6.45, 7) is 3.83. The zero-order valence-electron chi connectivity index (χ0n) is 10.4. The molecule has 5 heteroatoms. The maximum absolute atomic E-state index is 11.5. The fourth-order valence-corrected chi connectivity index (χ4v) is 1.68. The minimum Gasteiger partial charge on any atom is -0.483 e. The maximum atomic E-state index is 11.5. The summed E-state index contributed by atoms with van der Waals surface area (Å²) in [6.07, 6.45) is 1.57. The van der Waals surface area contributed by atoms with Gasteiger partial charge in [-0.05, 0) is 31.5 Å². The molecule has 0 saturated heterocycles. The Bertz CT molecular complexity index is 434. The number of amides is 1. The van der Waals surface area contributed by atoms with Gasteiger partial charge in [-0.25, -0.2) is 0 Å². The second-order valence-electron chi connectivity index (χ2n) is 3.97. The van der Waals surface area contributed by atoms with E-state index in [0.29, 0.717) is 17.6 Å². The normalized spacial score (nSPS) is 11.7. The van der Waals surface area contributed by atoms with Crippen LogP contribution in [0.1, 0.15) is 30.6 Å². The molecule has 98 valence electrons. The Kier molecular flexibility index (Phi) is 5.85. The molecule has 0 saturated carbocycles. The van der Waals surface area contributed by atoms with Crippen molar-refractivity contribution in [3.63, 3.8) is 0 Å². The molecule has 0 aliphatic carbocycles. The second-order valence-corrected chi connectivity index (χ2v) is 4.88. The van der Waals surface area contributed by atoms with Crippen molar-refractivity contribution in [3.05, 3.63) is 28.2 Å². The molecular weight excluding hydrogens is 298 g/mol. The monoisotopic (exact) mass is 313 g/mol. The average Bonchev–Trinajstić information content (AvgIpc) is 2.36. The van der Waals surface area contributed by atoms with Crippen molar-refractivity contribution < 1.29 is 14.3 Å². The lowest BCUT2D eigenvalue weighted by molar-refractivity contribution is -0.123. The Hall–Kier alpha value is -1.36. The first-order valence-corrected chi connectivity index (χ1v) is 6.53. The van der Waals surface area contributed by atoms with Crippen LogP contribution in [0.4, 0.5) is 0 Å². The van der Waals surface area contributed by atoms with E-state index in [1.165, 1.54) is 0 Å². The van der Waals surface area contributed by atoms with Crippen molar-refractivity contribution in [1.29, 1.82) is 0 Å². The Morgan fingerprint density at radius 2 is 2.28 bits per heavy atom. The van der Waals surface area contributed by atoms with E-state index in [-0.39, 0.29) is 18.6 Å². The highest BCUT2D eigenvalue weighted by atomic mass is 79.9. The van der Waals surface area contributed by atoms with Gasteiger partial charge in [0.1, 0.15) is 5.75 Å². The number of halogens is 1. The van der Waals surface area contributed by atoms with Crippen molar-refractivity contribution in [1.82, 2.24) is 5.32 Å². The summed E-state index contributed by atoms with van der Waals surface area (Å²) in [5.74, 6) is 0.219. The van der Waals surface area contributed by atoms with E-state index < -0.39 is 0 Å². The van der Waals surface area contributed by atoms with Gasteiger partial charge in [-0.3, -0.25) is 9.59 Å². The number of hydrogen-bond acceptors (Lipinski definition) is 3. The van der Waals surface area contributed by atoms with E-state index in [1.807, 2.05) is 13.8 Å². The summed E-state index contributed by atoms with van der Waals surface area (Å²) >= 11 is 3.27. The predicted octanol–water partition coefficient (Wildman–Crippen LogP) is 2.56. The lowest BCUT2D eigenvalue weighted by atomic mass is 10.2. The van der Waals surface area contributed by atoms with E-state index in [2.05, 4.69) is 21.2 Å². The van der Waals surface area contributed by atoms with Gasteiger partial charge in [0, 0.05) is 10.5 Å². The number of aldehydes is 1. The molecule has 0 aliphatic rings. The number of carbonyl (C=O) groups excluding carboxylic acids is 2. The number of nitrogens with one attached hydrogen (secondary N) is 1. The molecule has 0 fully saturated rings. The van der Waals surface area contributed by atoms with Gasteiger partial charge in [-0.2, -0.15) is 0 Å². The molecule has 1 amide bonds. The lowest BCUT2D eigenvalue weighted by Crippen LogP contribution is -2.35. The molecule has 1 unspecified atom stereocenters.